The molecule has 2 rings (SSSR count). The fourth-order valence-corrected chi connectivity index (χ4v) is 2.59. The minimum absolute atomic E-state index is 0.0852. The average Bonchev–Trinajstić information content (AvgIpc) is 2.38. The molecular formula is C14H23N3O2. The molecule has 1 atom stereocenters. The van der Waals surface area contributed by atoms with E-state index in [4.69, 9.17) is 5.11 Å². The number of H-pyrrole nitrogens is 1. The summed E-state index contributed by atoms with van der Waals surface area (Å²) in [5, 5.41) is 9.05. The quantitative estimate of drug-likeness (QED) is 0.865. The third-order valence-corrected chi connectivity index (χ3v) is 3.67. The van der Waals surface area contributed by atoms with Gasteiger partial charge in [-0.15, -0.1) is 0 Å². The van der Waals surface area contributed by atoms with Gasteiger partial charge in [-0.2, -0.15) is 0 Å². The monoisotopic (exact) mass is 265 g/mol. The Kier molecular flexibility index (Phi) is 4.58. The molecule has 0 aromatic carbocycles. The van der Waals surface area contributed by atoms with Crippen molar-refractivity contribution in [3.63, 3.8) is 0 Å². The molecule has 19 heavy (non-hydrogen) atoms. The maximum absolute atomic E-state index is 11.7. The topological polar surface area (TPSA) is 69.2 Å². The van der Waals surface area contributed by atoms with E-state index < -0.39 is 0 Å². The summed E-state index contributed by atoms with van der Waals surface area (Å²) < 4.78 is 0. The third kappa shape index (κ3) is 3.56. The molecule has 5 nitrogen and oxygen atoms in total. The molecule has 0 bridgehead atoms. The zero-order chi connectivity index (χ0) is 13.8. The van der Waals surface area contributed by atoms with Crippen LogP contribution in [0.2, 0.25) is 0 Å². The minimum atomic E-state index is -0.0852. The number of nitrogens with one attached hydrogen (secondary N) is 1. The van der Waals surface area contributed by atoms with Crippen LogP contribution in [0.4, 0.5) is 5.82 Å². The lowest BCUT2D eigenvalue weighted by atomic mass is 9.95. The highest BCUT2D eigenvalue weighted by molar-refractivity contribution is 5.38. The van der Waals surface area contributed by atoms with Crippen molar-refractivity contribution in [1.29, 1.82) is 0 Å². The molecule has 0 spiro atoms. The molecule has 1 unspecified atom stereocenters. The maximum atomic E-state index is 11.7. The number of hydrogen-bond acceptors (Lipinski definition) is 4. The molecule has 1 saturated heterocycles. The van der Waals surface area contributed by atoms with Gasteiger partial charge in [0.2, 0.25) is 0 Å². The van der Waals surface area contributed by atoms with Crippen molar-refractivity contribution < 1.29 is 5.11 Å². The lowest BCUT2D eigenvalue weighted by Gasteiger charge is -2.33. The number of hydrogen-bond donors (Lipinski definition) is 2. The fraction of sp³-hybridized carbons (Fsp3) is 0.714. The molecular weight excluding hydrogens is 242 g/mol. The Morgan fingerprint density at radius 1 is 1.58 bits per heavy atom. The smallest absolute Gasteiger partial charge is 0.252 e. The summed E-state index contributed by atoms with van der Waals surface area (Å²) in [5.41, 5.74) is -0.0852. The first-order chi connectivity index (χ1) is 9.10. The second-order valence-corrected chi connectivity index (χ2v) is 5.61. The molecule has 1 aromatic rings. The zero-order valence-corrected chi connectivity index (χ0v) is 11.7. The van der Waals surface area contributed by atoms with E-state index in [-0.39, 0.29) is 18.1 Å². The first-order valence-electron chi connectivity index (χ1n) is 7.07. The minimum Gasteiger partial charge on any atom is -0.396 e. The number of aliphatic hydroxyl groups excluding tert-OH is 1. The molecule has 1 aromatic heterocycles. The van der Waals surface area contributed by atoms with Crippen LogP contribution in [-0.4, -0.2) is 34.8 Å². The summed E-state index contributed by atoms with van der Waals surface area (Å²) in [5.74, 6) is 2.23. The molecule has 0 amide bonds. The van der Waals surface area contributed by atoms with Gasteiger partial charge in [-0.05, 0) is 25.2 Å². The summed E-state index contributed by atoms with van der Waals surface area (Å²) in [6.45, 7) is 6.10. The number of piperidine rings is 1. The van der Waals surface area contributed by atoms with Crippen LogP contribution in [0.1, 0.15) is 44.9 Å². The van der Waals surface area contributed by atoms with Gasteiger partial charge in [-0.3, -0.25) is 4.79 Å². The van der Waals surface area contributed by atoms with Crippen LogP contribution in [0.25, 0.3) is 0 Å². The highest BCUT2D eigenvalue weighted by Gasteiger charge is 2.21. The molecule has 2 N–H and O–H groups in total. The Morgan fingerprint density at radius 3 is 3.05 bits per heavy atom. The van der Waals surface area contributed by atoms with Crippen molar-refractivity contribution in [3.05, 3.63) is 22.2 Å². The predicted molar refractivity (Wildman–Crippen MR) is 75.6 cm³/mol. The molecule has 0 radical (unpaired) electrons. The van der Waals surface area contributed by atoms with Crippen molar-refractivity contribution in [2.45, 2.75) is 39.0 Å². The Balaban J connectivity index is 2.18. The van der Waals surface area contributed by atoms with Gasteiger partial charge in [0.25, 0.3) is 5.56 Å². The molecule has 5 heteroatoms. The molecule has 1 fully saturated rings. The summed E-state index contributed by atoms with van der Waals surface area (Å²) in [7, 11) is 0. The molecule has 2 heterocycles. The lowest BCUT2D eigenvalue weighted by molar-refractivity contribution is 0.244. The predicted octanol–water partition coefficient (Wildman–Crippen LogP) is 1.49. The fourth-order valence-electron chi connectivity index (χ4n) is 2.59. The van der Waals surface area contributed by atoms with Gasteiger partial charge in [0, 0.05) is 31.7 Å². The van der Waals surface area contributed by atoms with E-state index >= 15 is 0 Å². The number of nitrogens with zero attached hydrogens (tertiary/aromatic N) is 2. The number of anilines is 1. The van der Waals surface area contributed by atoms with Crippen LogP contribution >= 0.6 is 0 Å². The van der Waals surface area contributed by atoms with Gasteiger partial charge in [0.1, 0.15) is 11.6 Å². The van der Waals surface area contributed by atoms with E-state index in [1.807, 2.05) is 13.8 Å². The van der Waals surface area contributed by atoms with Crippen LogP contribution in [0.15, 0.2) is 10.9 Å². The summed E-state index contributed by atoms with van der Waals surface area (Å²) in [6.07, 6.45) is 3.07. The highest BCUT2D eigenvalue weighted by atomic mass is 16.3. The largest absolute Gasteiger partial charge is 0.396 e. The van der Waals surface area contributed by atoms with E-state index in [0.29, 0.717) is 5.92 Å². The van der Waals surface area contributed by atoms with E-state index in [2.05, 4.69) is 14.9 Å². The van der Waals surface area contributed by atoms with Crippen molar-refractivity contribution in [3.8, 4) is 0 Å². The van der Waals surface area contributed by atoms with Crippen molar-refractivity contribution in [2.75, 3.05) is 24.6 Å². The third-order valence-electron chi connectivity index (χ3n) is 3.67. The van der Waals surface area contributed by atoms with Gasteiger partial charge < -0.3 is 15.0 Å². The van der Waals surface area contributed by atoms with Gasteiger partial charge in [-0.25, -0.2) is 4.98 Å². The lowest BCUT2D eigenvalue weighted by Crippen LogP contribution is -2.37. The normalized spacial score (nSPS) is 20.0. The van der Waals surface area contributed by atoms with Gasteiger partial charge in [0.15, 0.2) is 0 Å². The number of aromatic nitrogens is 2. The number of aromatic amines is 1. The first kappa shape index (κ1) is 14.1. The molecule has 1 aliphatic rings. The maximum Gasteiger partial charge on any atom is 0.252 e. The van der Waals surface area contributed by atoms with Crippen LogP contribution in [-0.2, 0) is 0 Å². The Morgan fingerprint density at radius 2 is 2.37 bits per heavy atom. The average molecular weight is 265 g/mol. The Labute approximate surface area is 113 Å². The molecule has 1 aliphatic heterocycles. The highest BCUT2D eigenvalue weighted by Crippen LogP contribution is 2.23. The Hall–Kier alpha value is -1.36. The van der Waals surface area contributed by atoms with E-state index in [1.165, 1.54) is 0 Å². The van der Waals surface area contributed by atoms with Crippen LogP contribution < -0.4 is 10.5 Å². The van der Waals surface area contributed by atoms with Gasteiger partial charge >= 0.3 is 0 Å². The van der Waals surface area contributed by atoms with E-state index in [9.17, 15) is 4.79 Å². The summed E-state index contributed by atoms with van der Waals surface area (Å²) >= 11 is 0. The van der Waals surface area contributed by atoms with Gasteiger partial charge in [0.05, 0.1) is 0 Å². The first-order valence-corrected chi connectivity index (χ1v) is 7.07. The van der Waals surface area contributed by atoms with E-state index in [0.717, 1.165) is 44.0 Å². The van der Waals surface area contributed by atoms with Crippen LogP contribution in [0, 0.1) is 5.92 Å². The zero-order valence-electron chi connectivity index (χ0n) is 11.7. The molecule has 0 aliphatic carbocycles. The van der Waals surface area contributed by atoms with E-state index in [1.54, 1.807) is 6.07 Å². The van der Waals surface area contributed by atoms with Gasteiger partial charge in [-0.1, -0.05) is 13.8 Å². The second-order valence-electron chi connectivity index (χ2n) is 5.61. The van der Waals surface area contributed by atoms with Crippen molar-refractivity contribution >= 4 is 5.82 Å². The molecule has 106 valence electrons. The van der Waals surface area contributed by atoms with Crippen molar-refractivity contribution in [2.24, 2.45) is 5.92 Å². The Bertz CT molecular complexity index is 468. The molecule has 0 saturated carbocycles. The number of rotatable bonds is 4. The summed E-state index contributed by atoms with van der Waals surface area (Å²) in [4.78, 5) is 21.2. The van der Waals surface area contributed by atoms with Crippen molar-refractivity contribution in [1.82, 2.24) is 9.97 Å². The SMILES string of the molecule is CC(C)c1nc(N2CCCC(CCO)C2)cc(=O)[nH]1. The number of aliphatic hydroxyl groups is 1. The summed E-state index contributed by atoms with van der Waals surface area (Å²) in [6, 6.07) is 1.58. The standard InChI is InChI=1S/C14H23N3O2/c1-10(2)14-15-12(8-13(19)16-14)17-6-3-4-11(9-17)5-7-18/h8,10-11,18H,3-7,9H2,1-2H3,(H,15,16,19). The second kappa shape index (κ2) is 6.19. The van der Waals surface area contributed by atoms with Crippen LogP contribution in [0.5, 0.6) is 0 Å². The van der Waals surface area contributed by atoms with Crippen LogP contribution in [0.3, 0.4) is 0 Å².